The molecule has 0 aliphatic rings. The van der Waals surface area contributed by atoms with Crippen LogP contribution in [-0.2, 0) is 24.4 Å². The molecule has 2 aromatic heterocycles. The van der Waals surface area contributed by atoms with E-state index in [9.17, 15) is 4.79 Å². The van der Waals surface area contributed by atoms with Gasteiger partial charge in [-0.3, -0.25) is 4.79 Å². The van der Waals surface area contributed by atoms with Crippen molar-refractivity contribution in [2.45, 2.75) is 19.6 Å². The quantitative estimate of drug-likeness (QED) is 0.529. The third-order valence-corrected chi connectivity index (χ3v) is 4.29. The Balaban J connectivity index is 1.51. The predicted molar refractivity (Wildman–Crippen MR) is 104 cm³/mol. The van der Waals surface area contributed by atoms with Crippen molar-refractivity contribution in [2.75, 3.05) is 5.32 Å². The second-order valence-electron chi connectivity index (χ2n) is 6.21. The molecule has 2 N–H and O–H groups in total. The Labute approximate surface area is 156 Å². The number of carbonyl (C=O) groups is 1. The maximum atomic E-state index is 12.4. The number of rotatable bonds is 7. The number of nitrogens with zero attached hydrogens (tertiary/aromatic N) is 2. The SMILES string of the molecule is O=C(Cn1c(NCc2ccccc2)nc2ccccc21)NCc1ccco1. The van der Waals surface area contributed by atoms with Gasteiger partial charge in [-0.05, 0) is 29.8 Å². The highest BCUT2D eigenvalue weighted by molar-refractivity contribution is 5.83. The molecule has 1 amide bonds. The molecule has 0 spiro atoms. The molecule has 0 aliphatic carbocycles. The van der Waals surface area contributed by atoms with E-state index >= 15 is 0 Å². The normalized spacial score (nSPS) is 10.8. The first-order valence-electron chi connectivity index (χ1n) is 8.82. The van der Waals surface area contributed by atoms with E-state index in [1.165, 1.54) is 0 Å². The number of carbonyl (C=O) groups excluding carboxylic acids is 1. The molecule has 0 saturated carbocycles. The standard InChI is InChI=1S/C21H20N4O2/c26-20(22-14-17-9-6-12-27-17)15-25-19-11-5-4-10-18(19)24-21(25)23-13-16-7-2-1-3-8-16/h1-12H,13-15H2,(H,22,26)(H,23,24). The van der Waals surface area contributed by atoms with E-state index in [1.54, 1.807) is 12.3 Å². The van der Waals surface area contributed by atoms with E-state index in [0.29, 0.717) is 19.0 Å². The molecule has 4 rings (SSSR count). The number of amides is 1. The second-order valence-corrected chi connectivity index (χ2v) is 6.21. The average molecular weight is 360 g/mol. The second kappa shape index (κ2) is 7.78. The molecule has 0 atom stereocenters. The van der Waals surface area contributed by atoms with Crippen LogP contribution in [0.1, 0.15) is 11.3 Å². The van der Waals surface area contributed by atoms with Crippen LogP contribution in [0.3, 0.4) is 0 Å². The number of hydrogen-bond donors (Lipinski definition) is 2. The van der Waals surface area contributed by atoms with E-state index in [4.69, 9.17) is 4.42 Å². The Hall–Kier alpha value is -3.54. The lowest BCUT2D eigenvalue weighted by Crippen LogP contribution is -2.27. The summed E-state index contributed by atoms with van der Waals surface area (Å²) < 4.78 is 7.15. The smallest absolute Gasteiger partial charge is 0.240 e. The molecule has 2 heterocycles. The first kappa shape index (κ1) is 16.9. The Kier molecular flexibility index (Phi) is 4.87. The van der Waals surface area contributed by atoms with Gasteiger partial charge in [0.2, 0.25) is 11.9 Å². The van der Waals surface area contributed by atoms with Crippen molar-refractivity contribution in [3.63, 3.8) is 0 Å². The van der Waals surface area contributed by atoms with Gasteiger partial charge in [0.25, 0.3) is 0 Å². The fourth-order valence-electron chi connectivity index (χ4n) is 2.95. The summed E-state index contributed by atoms with van der Waals surface area (Å²) in [5.41, 5.74) is 2.92. The molecule has 27 heavy (non-hydrogen) atoms. The highest BCUT2D eigenvalue weighted by atomic mass is 16.3. The number of hydrogen-bond acceptors (Lipinski definition) is 4. The number of benzene rings is 2. The zero-order valence-corrected chi connectivity index (χ0v) is 14.8. The summed E-state index contributed by atoms with van der Waals surface area (Å²) in [5, 5.41) is 6.23. The molecule has 0 aliphatic heterocycles. The fraction of sp³-hybridized carbons (Fsp3) is 0.143. The highest BCUT2D eigenvalue weighted by Crippen LogP contribution is 2.20. The van der Waals surface area contributed by atoms with Gasteiger partial charge in [-0.15, -0.1) is 0 Å². The van der Waals surface area contributed by atoms with Crippen molar-refractivity contribution < 1.29 is 9.21 Å². The summed E-state index contributed by atoms with van der Waals surface area (Å²) in [4.78, 5) is 17.1. The Morgan fingerprint density at radius 3 is 2.59 bits per heavy atom. The predicted octanol–water partition coefficient (Wildman–Crippen LogP) is 3.56. The summed E-state index contributed by atoms with van der Waals surface area (Å²) in [6, 6.07) is 21.5. The van der Waals surface area contributed by atoms with Crippen LogP contribution < -0.4 is 10.6 Å². The van der Waals surface area contributed by atoms with E-state index in [0.717, 1.165) is 22.4 Å². The Bertz CT molecular complexity index is 1020. The van der Waals surface area contributed by atoms with Crippen molar-refractivity contribution >= 4 is 22.9 Å². The van der Waals surface area contributed by atoms with Crippen LogP contribution in [0.25, 0.3) is 11.0 Å². The summed E-state index contributed by atoms with van der Waals surface area (Å²) >= 11 is 0. The van der Waals surface area contributed by atoms with Gasteiger partial charge in [-0.2, -0.15) is 0 Å². The van der Waals surface area contributed by atoms with Crippen LogP contribution in [0.15, 0.2) is 77.4 Å². The third-order valence-electron chi connectivity index (χ3n) is 4.29. The maximum absolute atomic E-state index is 12.4. The summed E-state index contributed by atoms with van der Waals surface area (Å²) in [7, 11) is 0. The van der Waals surface area contributed by atoms with Crippen molar-refractivity contribution in [3.05, 3.63) is 84.3 Å². The van der Waals surface area contributed by atoms with Crippen LogP contribution in [0, 0.1) is 0 Å². The number of fused-ring (bicyclic) bond motifs is 1. The first-order valence-corrected chi connectivity index (χ1v) is 8.82. The van der Waals surface area contributed by atoms with Crippen molar-refractivity contribution in [1.29, 1.82) is 0 Å². The molecule has 0 unspecified atom stereocenters. The molecular formula is C21H20N4O2. The summed E-state index contributed by atoms with van der Waals surface area (Å²) in [6.45, 7) is 1.18. The van der Waals surface area contributed by atoms with E-state index < -0.39 is 0 Å². The van der Waals surface area contributed by atoms with Crippen molar-refractivity contribution in [1.82, 2.24) is 14.9 Å². The number of imidazole rings is 1. The van der Waals surface area contributed by atoms with E-state index in [2.05, 4.69) is 27.8 Å². The fourth-order valence-corrected chi connectivity index (χ4v) is 2.95. The van der Waals surface area contributed by atoms with Crippen molar-refractivity contribution in [2.24, 2.45) is 0 Å². The van der Waals surface area contributed by atoms with Crippen molar-refractivity contribution in [3.8, 4) is 0 Å². The average Bonchev–Trinajstić information content (AvgIpc) is 3.34. The number of nitrogens with one attached hydrogen (secondary N) is 2. The van der Waals surface area contributed by atoms with Gasteiger partial charge in [0.15, 0.2) is 0 Å². The molecule has 0 radical (unpaired) electrons. The maximum Gasteiger partial charge on any atom is 0.240 e. The van der Waals surface area contributed by atoms with Crippen LogP contribution in [-0.4, -0.2) is 15.5 Å². The molecule has 136 valence electrons. The summed E-state index contributed by atoms with van der Waals surface area (Å²) in [6.07, 6.45) is 1.59. The minimum absolute atomic E-state index is 0.0997. The van der Waals surface area contributed by atoms with Gasteiger partial charge in [-0.1, -0.05) is 42.5 Å². The van der Waals surface area contributed by atoms with Crippen LogP contribution >= 0.6 is 0 Å². The Morgan fingerprint density at radius 2 is 1.78 bits per heavy atom. The molecule has 2 aromatic carbocycles. The molecule has 0 saturated heterocycles. The lowest BCUT2D eigenvalue weighted by molar-refractivity contribution is -0.121. The number of aromatic nitrogens is 2. The minimum Gasteiger partial charge on any atom is -0.467 e. The largest absolute Gasteiger partial charge is 0.467 e. The van der Waals surface area contributed by atoms with Gasteiger partial charge in [0.05, 0.1) is 23.8 Å². The van der Waals surface area contributed by atoms with Gasteiger partial charge in [0.1, 0.15) is 12.3 Å². The van der Waals surface area contributed by atoms with Crippen LogP contribution in [0.4, 0.5) is 5.95 Å². The minimum atomic E-state index is -0.0997. The zero-order chi connectivity index (χ0) is 18.5. The molecule has 0 fully saturated rings. The third kappa shape index (κ3) is 4.00. The number of furan rings is 1. The number of anilines is 1. The zero-order valence-electron chi connectivity index (χ0n) is 14.8. The van der Waals surface area contributed by atoms with Gasteiger partial charge in [0, 0.05) is 6.54 Å². The highest BCUT2D eigenvalue weighted by Gasteiger charge is 2.13. The molecule has 0 bridgehead atoms. The molecule has 4 aromatic rings. The number of para-hydroxylation sites is 2. The molecule has 6 heteroatoms. The topological polar surface area (TPSA) is 72.1 Å². The summed E-state index contributed by atoms with van der Waals surface area (Å²) in [5.74, 6) is 1.30. The lowest BCUT2D eigenvalue weighted by Gasteiger charge is -2.11. The lowest BCUT2D eigenvalue weighted by atomic mass is 10.2. The first-order chi connectivity index (χ1) is 13.3. The van der Waals surface area contributed by atoms with E-state index in [-0.39, 0.29) is 12.5 Å². The van der Waals surface area contributed by atoms with Gasteiger partial charge >= 0.3 is 0 Å². The van der Waals surface area contributed by atoms with Gasteiger partial charge in [-0.25, -0.2) is 4.98 Å². The van der Waals surface area contributed by atoms with Gasteiger partial charge < -0.3 is 19.6 Å². The van der Waals surface area contributed by atoms with Crippen LogP contribution in [0.2, 0.25) is 0 Å². The molecular weight excluding hydrogens is 340 g/mol. The molecule has 6 nitrogen and oxygen atoms in total. The van der Waals surface area contributed by atoms with E-state index in [1.807, 2.05) is 53.1 Å². The monoisotopic (exact) mass is 360 g/mol. The Morgan fingerprint density at radius 1 is 0.963 bits per heavy atom. The van der Waals surface area contributed by atoms with Crippen LogP contribution in [0.5, 0.6) is 0 Å².